The molecule has 3 heterocycles. The Morgan fingerprint density at radius 3 is 2.26 bits per heavy atom. The molecule has 0 aliphatic rings. The second-order valence-electron chi connectivity index (χ2n) is 8.61. The van der Waals surface area contributed by atoms with Crippen LogP contribution in [0.3, 0.4) is 0 Å². The van der Waals surface area contributed by atoms with E-state index >= 15 is 0 Å². The topological polar surface area (TPSA) is 44.9 Å². The van der Waals surface area contributed by atoms with Gasteiger partial charge in [0, 0.05) is 34.3 Å². The number of benzene rings is 3. The summed E-state index contributed by atoms with van der Waals surface area (Å²) in [7, 11) is 0. The van der Waals surface area contributed by atoms with Crippen molar-refractivity contribution in [1.29, 1.82) is 0 Å². The van der Waals surface area contributed by atoms with Crippen molar-refractivity contribution >= 4 is 21.8 Å². The van der Waals surface area contributed by atoms with Crippen molar-refractivity contribution in [3.8, 4) is 23.0 Å². The molecule has 0 N–H and O–H groups in total. The van der Waals surface area contributed by atoms with Gasteiger partial charge >= 0.3 is 0 Å². The van der Waals surface area contributed by atoms with Gasteiger partial charge in [0.25, 0.3) is 0 Å². The van der Waals surface area contributed by atoms with Gasteiger partial charge in [-0.2, -0.15) is 5.10 Å². The molecule has 0 amide bonds. The van der Waals surface area contributed by atoms with Crippen LogP contribution in [0.25, 0.3) is 33.3 Å². The van der Waals surface area contributed by atoms with Crippen molar-refractivity contribution in [3.63, 3.8) is 0 Å². The molecule has 0 spiro atoms. The van der Waals surface area contributed by atoms with Crippen molar-refractivity contribution < 1.29 is 4.74 Å². The van der Waals surface area contributed by atoms with Crippen LogP contribution in [-0.2, 0) is 0 Å². The normalized spacial score (nSPS) is 11.4. The zero-order chi connectivity index (χ0) is 23.2. The summed E-state index contributed by atoms with van der Waals surface area (Å²) in [6, 6.07) is 30.9. The minimum absolute atomic E-state index is 0.765. The minimum atomic E-state index is 0.765. The lowest BCUT2D eigenvalue weighted by Crippen LogP contribution is -1.99. The number of hydrogen-bond donors (Lipinski definition) is 0. The molecule has 6 rings (SSSR count). The zero-order valence-electron chi connectivity index (χ0n) is 19.4. The Balaban J connectivity index is 1.46. The number of aromatic nitrogens is 4. The van der Waals surface area contributed by atoms with Gasteiger partial charge in [-0.1, -0.05) is 30.3 Å². The lowest BCUT2D eigenvalue weighted by molar-refractivity contribution is 0.483. The second kappa shape index (κ2) is 7.89. The first kappa shape index (κ1) is 20.2. The van der Waals surface area contributed by atoms with E-state index in [-0.39, 0.29) is 0 Å². The fourth-order valence-corrected chi connectivity index (χ4v) is 4.62. The molecule has 0 saturated heterocycles. The summed E-state index contributed by atoms with van der Waals surface area (Å²) in [6.45, 7) is 6.07. The number of aryl methyl sites for hydroxylation is 3. The SMILES string of the molecule is Cc1cccc(-n2c3ccccc3c3ccc(Oc4cccc(-n5nc(C)cc5C)c4)cc32)n1. The van der Waals surface area contributed by atoms with Gasteiger partial charge in [0.15, 0.2) is 0 Å². The molecule has 0 bridgehead atoms. The van der Waals surface area contributed by atoms with Gasteiger partial charge in [0.2, 0.25) is 0 Å². The number of pyridine rings is 1. The molecule has 0 aliphatic heterocycles. The van der Waals surface area contributed by atoms with Crippen molar-refractivity contribution in [2.75, 3.05) is 0 Å². The van der Waals surface area contributed by atoms with E-state index in [1.165, 1.54) is 10.8 Å². The molecule has 0 fully saturated rings. The number of fused-ring (bicyclic) bond motifs is 3. The summed E-state index contributed by atoms with van der Waals surface area (Å²) in [4.78, 5) is 4.80. The number of para-hydroxylation sites is 1. The van der Waals surface area contributed by atoms with Crippen LogP contribution >= 0.6 is 0 Å². The van der Waals surface area contributed by atoms with E-state index in [4.69, 9.17) is 9.72 Å². The third kappa shape index (κ3) is 3.42. The van der Waals surface area contributed by atoms with Crippen molar-refractivity contribution in [1.82, 2.24) is 19.3 Å². The average molecular weight is 445 g/mol. The highest BCUT2D eigenvalue weighted by atomic mass is 16.5. The summed E-state index contributed by atoms with van der Waals surface area (Å²) in [5.41, 5.74) is 6.22. The number of hydrogen-bond acceptors (Lipinski definition) is 3. The maximum atomic E-state index is 6.33. The highest BCUT2D eigenvalue weighted by molar-refractivity contribution is 6.09. The molecule has 5 nitrogen and oxygen atoms in total. The lowest BCUT2D eigenvalue weighted by atomic mass is 10.1. The molecule has 0 saturated carbocycles. The molecular weight excluding hydrogens is 420 g/mol. The van der Waals surface area contributed by atoms with Crippen LogP contribution in [0.1, 0.15) is 17.1 Å². The van der Waals surface area contributed by atoms with Gasteiger partial charge in [0.1, 0.15) is 17.3 Å². The molecule has 0 unspecified atom stereocenters. The number of rotatable bonds is 4. The summed E-state index contributed by atoms with van der Waals surface area (Å²) >= 11 is 0. The van der Waals surface area contributed by atoms with Gasteiger partial charge in [-0.3, -0.25) is 4.57 Å². The monoisotopic (exact) mass is 444 g/mol. The maximum Gasteiger partial charge on any atom is 0.137 e. The van der Waals surface area contributed by atoms with Crippen LogP contribution in [0.15, 0.2) is 91.0 Å². The molecule has 5 heteroatoms. The van der Waals surface area contributed by atoms with E-state index in [1.807, 2.05) is 67.1 Å². The molecule has 0 radical (unpaired) electrons. The van der Waals surface area contributed by atoms with Crippen LogP contribution in [0, 0.1) is 20.8 Å². The van der Waals surface area contributed by atoms with E-state index in [0.29, 0.717) is 0 Å². The summed E-state index contributed by atoms with van der Waals surface area (Å²) < 4.78 is 10.5. The molecule has 3 aromatic carbocycles. The Morgan fingerprint density at radius 2 is 1.44 bits per heavy atom. The first-order valence-corrected chi connectivity index (χ1v) is 11.4. The van der Waals surface area contributed by atoms with Crippen molar-refractivity contribution in [2.24, 2.45) is 0 Å². The first-order valence-electron chi connectivity index (χ1n) is 11.4. The minimum Gasteiger partial charge on any atom is -0.457 e. The highest BCUT2D eigenvalue weighted by Crippen LogP contribution is 2.35. The predicted molar refractivity (Wildman–Crippen MR) is 136 cm³/mol. The van der Waals surface area contributed by atoms with Crippen LogP contribution < -0.4 is 4.74 Å². The molecule has 166 valence electrons. The van der Waals surface area contributed by atoms with Gasteiger partial charge < -0.3 is 4.74 Å². The predicted octanol–water partition coefficient (Wildman–Crippen LogP) is 7.08. The second-order valence-corrected chi connectivity index (χ2v) is 8.61. The fourth-order valence-electron chi connectivity index (χ4n) is 4.62. The van der Waals surface area contributed by atoms with E-state index in [1.54, 1.807) is 0 Å². The van der Waals surface area contributed by atoms with Gasteiger partial charge in [-0.25, -0.2) is 9.67 Å². The summed E-state index contributed by atoms with van der Waals surface area (Å²) in [5.74, 6) is 2.44. The van der Waals surface area contributed by atoms with E-state index in [0.717, 1.165) is 51.1 Å². The number of nitrogens with zero attached hydrogens (tertiary/aromatic N) is 4. The quantitative estimate of drug-likeness (QED) is 0.292. The average Bonchev–Trinajstić information content (AvgIpc) is 3.35. The van der Waals surface area contributed by atoms with Gasteiger partial charge in [0.05, 0.1) is 22.4 Å². The largest absolute Gasteiger partial charge is 0.457 e. The Hall–Kier alpha value is -4.38. The maximum absolute atomic E-state index is 6.33. The van der Waals surface area contributed by atoms with Gasteiger partial charge in [-0.05, 0) is 69.3 Å². The Bertz CT molecular complexity index is 1680. The molecule has 34 heavy (non-hydrogen) atoms. The van der Waals surface area contributed by atoms with E-state index in [2.05, 4.69) is 59.1 Å². The van der Waals surface area contributed by atoms with E-state index < -0.39 is 0 Å². The van der Waals surface area contributed by atoms with E-state index in [9.17, 15) is 0 Å². The molecule has 6 aromatic rings. The van der Waals surface area contributed by atoms with Crippen LogP contribution in [-0.4, -0.2) is 19.3 Å². The van der Waals surface area contributed by atoms with Crippen molar-refractivity contribution in [3.05, 3.63) is 108 Å². The fraction of sp³-hybridized carbons (Fsp3) is 0.103. The van der Waals surface area contributed by atoms with Crippen molar-refractivity contribution in [2.45, 2.75) is 20.8 Å². The summed E-state index contributed by atoms with van der Waals surface area (Å²) in [6.07, 6.45) is 0. The summed E-state index contributed by atoms with van der Waals surface area (Å²) in [5, 5.41) is 6.96. The molecule has 3 aromatic heterocycles. The lowest BCUT2D eigenvalue weighted by Gasteiger charge is -2.11. The smallest absolute Gasteiger partial charge is 0.137 e. The molecule has 0 aliphatic carbocycles. The van der Waals surface area contributed by atoms with Crippen LogP contribution in [0.5, 0.6) is 11.5 Å². The Labute approximate surface area is 197 Å². The zero-order valence-corrected chi connectivity index (χ0v) is 19.4. The van der Waals surface area contributed by atoms with Crippen LogP contribution in [0.2, 0.25) is 0 Å². The third-order valence-electron chi connectivity index (χ3n) is 6.06. The number of ether oxygens (including phenoxy) is 1. The molecular formula is C29H24N4O. The van der Waals surface area contributed by atoms with Gasteiger partial charge in [-0.15, -0.1) is 0 Å². The Kier molecular flexibility index (Phi) is 4.69. The molecule has 0 atom stereocenters. The third-order valence-corrected chi connectivity index (χ3v) is 6.06. The Morgan fingerprint density at radius 1 is 0.647 bits per heavy atom. The highest BCUT2D eigenvalue weighted by Gasteiger charge is 2.14. The first-order chi connectivity index (χ1) is 16.6. The van der Waals surface area contributed by atoms with Crippen LogP contribution in [0.4, 0.5) is 0 Å². The standard InChI is InChI=1S/C29H24N4O/c1-19-8-6-13-29(30-19)32-27-12-5-4-11-25(27)26-15-14-24(18-28(26)32)34-23-10-7-9-22(17-23)33-21(3)16-20(2)31-33/h4-18H,1-3H3.